The molecule has 0 saturated carbocycles. The average molecular weight is 274 g/mol. The zero-order valence-corrected chi connectivity index (χ0v) is 11.5. The fourth-order valence-electron chi connectivity index (χ4n) is 2.82. The van der Waals surface area contributed by atoms with Gasteiger partial charge in [-0.05, 0) is 17.7 Å². The number of rotatable bonds is 2. The number of benzene rings is 2. The van der Waals surface area contributed by atoms with E-state index in [0.29, 0.717) is 18.8 Å². The van der Waals surface area contributed by atoms with Crippen LogP contribution in [0.1, 0.15) is 21.6 Å². The van der Waals surface area contributed by atoms with Crippen molar-refractivity contribution in [3.05, 3.63) is 77.5 Å². The molecule has 1 aliphatic rings. The van der Waals surface area contributed by atoms with E-state index in [1.54, 1.807) is 0 Å². The van der Waals surface area contributed by atoms with Crippen molar-refractivity contribution in [3.63, 3.8) is 0 Å². The Kier molecular flexibility index (Phi) is 2.71. The number of fused-ring (bicyclic) bond motifs is 2. The number of carbonyl (C=O) groups excluding carboxylic acids is 1. The summed E-state index contributed by atoms with van der Waals surface area (Å²) in [6, 6.07) is 20.1. The van der Waals surface area contributed by atoms with Crippen LogP contribution in [0, 0.1) is 0 Å². The fourth-order valence-corrected chi connectivity index (χ4v) is 2.82. The van der Waals surface area contributed by atoms with Crippen molar-refractivity contribution in [2.24, 2.45) is 0 Å². The highest BCUT2D eigenvalue weighted by Gasteiger charge is 2.29. The van der Waals surface area contributed by atoms with Crippen molar-refractivity contribution in [1.29, 1.82) is 0 Å². The lowest BCUT2D eigenvalue weighted by Gasteiger charge is -2.14. The van der Waals surface area contributed by atoms with Gasteiger partial charge in [-0.25, -0.2) is 4.98 Å². The van der Waals surface area contributed by atoms with E-state index in [2.05, 4.69) is 11.1 Å². The van der Waals surface area contributed by atoms with E-state index < -0.39 is 0 Å². The van der Waals surface area contributed by atoms with Crippen LogP contribution in [0.2, 0.25) is 0 Å². The van der Waals surface area contributed by atoms with Crippen LogP contribution in [0.3, 0.4) is 0 Å². The highest BCUT2D eigenvalue weighted by molar-refractivity contribution is 5.99. The molecule has 2 aromatic carbocycles. The molecule has 0 atom stereocenters. The van der Waals surface area contributed by atoms with Crippen LogP contribution in [-0.4, -0.2) is 15.8 Å². The van der Waals surface area contributed by atoms with Gasteiger partial charge in [0, 0.05) is 24.0 Å². The van der Waals surface area contributed by atoms with Crippen LogP contribution in [0.15, 0.2) is 60.7 Å². The Balaban J connectivity index is 1.69. The lowest BCUT2D eigenvalue weighted by molar-refractivity contribution is 0.0762. The molecule has 1 aliphatic heterocycles. The molecule has 1 amide bonds. The van der Waals surface area contributed by atoms with Gasteiger partial charge >= 0.3 is 0 Å². The van der Waals surface area contributed by atoms with E-state index in [9.17, 15) is 4.79 Å². The number of carbonyl (C=O) groups is 1. The first-order valence-electron chi connectivity index (χ1n) is 7.03. The number of amides is 1. The second kappa shape index (κ2) is 4.70. The first-order valence-corrected chi connectivity index (χ1v) is 7.03. The molecule has 102 valence electrons. The maximum Gasteiger partial charge on any atom is 0.273 e. The van der Waals surface area contributed by atoms with Gasteiger partial charge in [-0.3, -0.25) is 4.79 Å². The lowest BCUT2D eigenvalue weighted by atomic mass is 10.1. The largest absolute Gasteiger partial charge is 0.329 e. The summed E-state index contributed by atoms with van der Waals surface area (Å²) in [5.74, 6) is 0.0274. The third kappa shape index (κ3) is 2.07. The summed E-state index contributed by atoms with van der Waals surface area (Å²) in [5, 5.41) is 1.09. The first kappa shape index (κ1) is 12.1. The van der Waals surface area contributed by atoms with Gasteiger partial charge in [0.1, 0.15) is 5.69 Å². The fraction of sp³-hybridized carbons (Fsp3) is 0.111. The second-order valence-electron chi connectivity index (χ2n) is 5.34. The summed E-state index contributed by atoms with van der Waals surface area (Å²) in [7, 11) is 0. The summed E-state index contributed by atoms with van der Waals surface area (Å²) < 4.78 is 0. The van der Waals surface area contributed by atoms with Gasteiger partial charge in [0.25, 0.3) is 5.91 Å². The van der Waals surface area contributed by atoms with Crippen LogP contribution >= 0.6 is 0 Å². The summed E-state index contributed by atoms with van der Waals surface area (Å²) in [6.45, 7) is 1.27. The molecule has 0 saturated heterocycles. The van der Waals surface area contributed by atoms with E-state index in [1.165, 1.54) is 0 Å². The Morgan fingerprint density at radius 1 is 1.00 bits per heavy atom. The van der Waals surface area contributed by atoms with E-state index in [4.69, 9.17) is 0 Å². The number of para-hydroxylation sites is 1. The molecular formula is C18H14N2O. The molecule has 3 heteroatoms. The van der Waals surface area contributed by atoms with Gasteiger partial charge in [-0.2, -0.15) is 0 Å². The molecule has 3 nitrogen and oxygen atoms in total. The van der Waals surface area contributed by atoms with E-state index in [-0.39, 0.29) is 5.91 Å². The molecule has 3 aromatic rings. The molecule has 0 radical (unpaired) electrons. The average Bonchev–Trinajstić information content (AvgIpc) is 2.82. The van der Waals surface area contributed by atoms with E-state index in [1.807, 2.05) is 59.5 Å². The number of aromatic nitrogens is 1. The minimum Gasteiger partial charge on any atom is -0.329 e. The quantitative estimate of drug-likeness (QED) is 0.717. The van der Waals surface area contributed by atoms with Gasteiger partial charge in [0.05, 0.1) is 5.52 Å². The maximum absolute atomic E-state index is 12.5. The number of nitrogens with zero attached hydrogens (tertiary/aromatic N) is 2. The molecule has 0 fully saturated rings. The van der Waals surface area contributed by atoms with Crippen LogP contribution in [-0.2, 0) is 13.1 Å². The summed E-state index contributed by atoms with van der Waals surface area (Å²) in [4.78, 5) is 18.9. The molecular weight excluding hydrogens is 260 g/mol. The molecule has 0 N–H and O–H groups in total. The van der Waals surface area contributed by atoms with Crippen LogP contribution in [0.4, 0.5) is 0 Å². The number of pyridine rings is 1. The molecule has 0 unspecified atom stereocenters. The topological polar surface area (TPSA) is 33.2 Å². The number of hydrogen-bond acceptors (Lipinski definition) is 2. The van der Waals surface area contributed by atoms with Gasteiger partial charge in [-0.15, -0.1) is 0 Å². The highest BCUT2D eigenvalue weighted by atomic mass is 16.2. The molecule has 0 spiro atoms. The Hall–Kier alpha value is -2.68. The molecule has 4 rings (SSSR count). The van der Waals surface area contributed by atoms with E-state index in [0.717, 1.165) is 22.0 Å². The smallest absolute Gasteiger partial charge is 0.273 e. The molecule has 21 heavy (non-hydrogen) atoms. The van der Waals surface area contributed by atoms with Crippen molar-refractivity contribution >= 4 is 16.8 Å². The zero-order valence-electron chi connectivity index (χ0n) is 11.5. The van der Waals surface area contributed by atoms with Crippen LogP contribution in [0.25, 0.3) is 10.9 Å². The zero-order chi connectivity index (χ0) is 14.2. The minimum atomic E-state index is 0.0274. The second-order valence-corrected chi connectivity index (χ2v) is 5.34. The predicted molar refractivity (Wildman–Crippen MR) is 81.8 cm³/mol. The van der Waals surface area contributed by atoms with Crippen molar-refractivity contribution in [2.45, 2.75) is 13.1 Å². The highest BCUT2D eigenvalue weighted by Crippen LogP contribution is 2.26. The predicted octanol–water partition coefficient (Wildman–Crippen LogP) is 3.39. The van der Waals surface area contributed by atoms with Crippen LogP contribution < -0.4 is 0 Å². The SMILES string of the molecule is O=C1c2nc3ccccc3cc2CN1Cc1ccccc1. The first-order chi connectivity index (χ1) is 10.3. The molecule has 0 bridgehead atoms. The Morgan fingerprint density at radius 3 is 2.62 bits per heavy atom. The lowest BCUT2D eigenvalue weighted by Crippen LogP contribution is -2.23. The third-order valence-electron chi connectivity index (χ3n) is 3.87. The molecule has 1 aromatic heterocycles. The van der Waals surface area contributed by atoms with Gasteiger partial charge in [0.2, 0.25) is 0 Å². The monoisotopic (exact) mass is 274 g/mol. The summed E-state index contributed by atoms with van der Waals surface area (Å²) in [5.41, 5.74) is 3.65. The minimum absolute atomic E-state index is 0.0274. The van der Waals surface area contributed by atoms with Crippen molar-refractivity contribution < 1.29 is 4.79 Å². The Morgan fingerprint density at radius 2 is 1.76 bits per heavy atom. The molecule has 2 heterocycles. The van der Waals surface area contributed by atoms with Crippen molar-refractivity contribution in [2.75, 3.05) is 0 Å². The maximum atomic E-state index is 12.5. The Bertz CT molecular complexity index is 827. The summed E-state index contributed by atoms with van der Waals surface area (Å²) in [6.07, 6.45) is 0. The van der Waals surface area contributed by atoms with Crippen molar-refractivity contribution in [3.8, 4) is 0 Å². The van der Waals surface area contributed by atoms with Gasteiger partial charge in [0.15, 0.2) is 0 Å². The van der Waals surface area contributed by atoms with Crippen molar-refractivity contribution in [1.82, 2.24) is 9.88 Å². The third-order valence-corrected chi connectivity index (χ3v) is 3.87. The van der Waals surface area contributed by atoms with E-state index >= 15 is 0 Å². The molecule has 0 aliphatic carbocycles. The normalized spacial score (nSPS) is 13.7. The van der Waals surface area contributed by atoms with Gasteiger partial charge in [-0.1, -0.05) is 48.5 Å². The Labute approximate surface area is 122 Å². The summed E-state index contributed by atoms with van der Waals surface area (Å²) >= 11 is 0. The van der Waals surface area contributed by atoms with Gasteiger partial charge < -0.3 is 4.90 Å². The van der Waals surface area contributed by atoms with Crippen LogP contribution in [0.5, 0.6) is 0 Å². The standard InChI is InChI=1S/C18H14N2O/c21-18-17-15(10-14-8-4-5-9-16(14)19-17)12-20(18)11-13-6-2-1-3-7-13/h1-10H,11-12H2. The number of hydrogen-bond donors (Lipinski definition) is 0.